The van der Waals surface area contributed by atoms with Crippen LogP contribution in [0, 0.1) is 0 Å². The van der Waals surface area contributed by atoms with Crippen LogP contribution in [-0.2, 0) is 15.0 Å². The number of carbonyl (C=O) groups is 2. The van der Waals surface area contributed by atoms with Crippen molar-refractivity contribution in [3.63, 3.8) is 0 Å². The van der Waals surface area contributed by atoms with Crippen molar-refractivity contribution >= 4 is 23.6 Å². The molecule has 0 spiro atoms. The first-order valence-corrected chi connectivity index (χ1v) is 8.46. The van der Waals surface area contributed by atoms with E-state index < -0.39 is 0 Å². The van der Waals surface area contributed by atoms with E-state index in [9.17, 15) is 9.59 Å². The Labute approximate surface area is 136 Å². The van der Waals surface area contributed by atoms with E-state index in [1.165, 1.54) is 10.5 Å². The molecule has 0 saturated carbocycles. The second-order valence-electron chi connectivity index (χ2n) is 6.85. The lowest BCUT2D eigenvalue weighted by atomic mass is 9.87. The summed E-state index contributed by atoms with van der Waals surface area (Å²) in [5.74, 6) is 0.420. The first kappa shape index (κ1) is 16.9. The van der Waals surface area contributed by atoms with E-state index in [2.05, 4.69) is 45.0 Å². The fourth-order valence-electron chi connectivity index (χ4n) is 2.34. The molecule has 0 N–H and O–H groups in total. The van der Waals surface area contributed by atoms with Gasteiger partial charge in [0.05, 0.1) is 5.75 Å². The highest BCUT2D eigenvalue weighted by atomic mass is 32.2. The Hall–Kier alpha value is -1.49. The molecule has 1 aromatic rings. The van der Waals surface area contributed by atoms with Gasteiger partial charge in [-0.05, 0) is 16.5 Å². The normalized spacial score (nSPS) is 18.7. The molecule has 22 heavy (non-hydrogen) atoms. The van der Waals surface area contributed by atoms with Crippen LogP contribution in [0.15, 0.2) is 24.3 Å². The molecule has 0 aliphatic carbocycles. The quantitative estimate of drug-likeness (QED) is 0.860. The van der Waals surface area contributed by atoms with Crippen molar-refractivity contribution in [1.82, 2.24) is 9.80 Å². The summed E-state index contributed by atoms with van der Waals surface area (Å²) in [5, 5.41) is -0.0644. The van der Waals surface area contributed by atoms with Crippen LogP contribution in [0.5, 0.6) is 0 Å². The molecule has 1 aliphatic heterocycles. The lowest BCUT2D eigenvalue weighted by Gasteiger charge is -2.26. The second kappa shape index (κ2) is 6.32. The minimum Gasteiger partial charge on any atom is -0.347 e. The van der Waals surface area contributed by atoms with Gasteiger partial charge in [-0.3, -0.25) is 9.59 Å². The zero-order valence-electron chi connectivity index (χ0n) is 13.9. The summed E-state index contributed by atoms with van der Waals surface area (Å²) in [7, 11) is 3.42. The molecule has 0 bridgehead atoms. The largest absolute Gasteiger partial charge is 0.347 e. The van der Waals surface area contributed by atoms with Crippen LogP contribution in [0.25, 0.3) is 0 Å². The van der Waals surface area contributed by atoms with Crippen LogP contribution < -0.4 is 0 Å². The molecule has 2 amide bonds. The molecular formula is C17H24N2O2S. The molecule has 2 rings (SSSR count). The van der Waals surface area contributed by atoms with E-state index in [1.54, 1.807) is 30.8 Å². The number of hydrogen-bond donors (Lipinski definition) is 0. The highest BCUT2D eigenvalue weighted by Gasteiger charge is 2.34. The summed E-state index contributed by atoms with van der Waals surface area (Å²) in [5.41, 5.74) is 2.45. The third kappa shape index (κ3) is 3.64. The highest BCUT2D eigenvalue weighted by molar-refractivity contribution is 8.00. The SMILES string of the molecule is CN(C)C(=O)CN1C(=O)CSC1c1ccc(C(C)(C)C)cc1. The van der Waals surface area contributed by atoms with Crippen molar-refractivity contribution in [2.75, 3.05) is 26.4 Å². The Balaban J connectivity index is 2.19. The van der Waals surface area contributed by atoms with Crippen LogP contribution in [0.4, 0.5) is 0 Å². The average molecular weight is 320 g/mol. The molecule has 1 saturated heterocycles. The fourth-order valence-corrected chi connectivity index (χ4v) is 3.52. The number of likely N-dealkylation sites (N-methyl/N-ethyl adjacent to an activating group) is 1. The maximum atomic E-state index is 12.1. The maximum absolute atomic E-state index is 12.1. The van der Waals surface area contributed by atoms with Gasteiger partial charge in [-0.15, -0.1) is 11.8 Å². The minimum absolute atomic E-state index is 0.0325. The topological polar surface area (TPSA) is 40.6 Å². The van der Waals surface area contributed by atoms with E-state index in [-0.39, 0.29) is 29.1 Å². The van der Waals surface area contributed by atoms with Crippen molar-refractivity contribution in [3.8, 4) is 0 Å². The Morgan fingerprint density at radius 1 is 1.27 bits per heavy atom. The summed E-state index contributed by atoms with van der Waals surface area (Å²) in [6.45, 7) is 6.68. The maximum Gasteiger partial charge on any atom is 0.241 e. The van der Waals surface area contributed by atoms with Gasteiger partial charge in [0.1, 0.15) is 11.9 Å². The van der Waals surface area contributed by atoms with Gasteiger partial charge in [0.15, 0.2) is 0 Å². The molecule has 120 valence electrons. The molecule has 0 aromatic heterocycles. The molecule has 1 aliphatic rings. The lowest BCUT2D eigenvalue weighted by Crippen LogP contribution is -2.38. The number of rotatable bonds is 3. The molecule has 1 heterocycles. The van der Waals surface area contributed by atoms with Gasteiger partial charge in [-0.25, -0.2) is 0 Å². The van der Waals surface area contributed by atoms with Gasteiger partial charge in [-0.1, -0.05) is 45.0 Å². The van der Waals surface area contributed by atoms with Gasteiger partial charge >= 0.3 is 0 Å². The molecule has 0 radical (unpaired) electrons. The Morgan fingerprint density at radius 2 is 1.86 bits per heavy atom. The van der Waals surface area contributed by atoms with Crippen LogP contribution in [-0.4, -0.2) is 48.0 Å². The third-order valence-corrected chi connectivity index (χ3v) is 5.09. The summed E-state index contributed by atoms with van der Waals surface area (Å²) in [6, 6.07) is 8.38. The van der Waals surface area contributed by atoms with Gasteiger partial charge in [-0.2, -0.15) is 0 Å². The number of hydrogen-bond acceptors (Lipinski definition) is 3. The minimum atomic E-state index is -0.0644. The van der Waals surface area contributed by atoms with Crippen LogP contribution in [0.1, 0.15) is 37.3 Å². The van der Waals surface area contributed by atoms with Gasteiger partial charge in [0, 0.05) is 14.1 Å². The molecule has 1 aromatic carbocycles. The van der Waals surface area contributed by atoms with E-state index >= 15 is 0 Å². The van der Waals surface area contributed by atoms with Crippen molar-refractivity contribution in [1.29, 1.82) is 0 Å². The number of thioether (sulfide) groups is 1. The summed E-state index contributed by atoms with van der Waals surface area (Å²) in [4.78, 5) is 27.2. The summed E-state index contributed by atoms with van der Waals surface area (Å²) in [6.07, 6.45) is 0. The van der Waals surface area contributed by atoms with Crippen LogP contribution in [0.2, 0.25) is 0 Å². The second-order valence-corrected chi connectivity index (χ2v) is 7.91. The number of nitrogens with zero attached hydrogens (tertiary/aromatic N) is 2. The lowest BCUT2D eigenvalue weighted by molar-refractivity contribution is -0.137. The predicted octanol–water partition coefficient (Wildman–Crippen LogP) is 2.65. The predicted molar refractivity (Wildman–Crippen MR) is 90.7 cm³/mol. The average Bonchev–Trinajstić information content (AvgIpc) is 2.79. The summed E-state index contributed by atoms with van der Waals surface area (Å²) >= 11 is 1.58. The third-order valence-electron chi connectivity index (χ3n) is 3.83. The van der Waals surface area contributed by atoms with Crippen molar-refractivity contribution < 1.29 is 9.59 Å². The molecule has 5 heteroatoms. The summed E-state index contributed by atoms with van der Waals surface area (Å²) < 4.78 is 0. The molecule has 1 unspecified atom stereocenters. The smallest absolute Gasteiger partial charge is 0.241 e. The zero-order chi connectivity index (χ0) is 16.5. The fraction of sp³-hybridized carbons (Fsp3) is 0.529. The van der Waals surface area contributed by atoms with E-state index in [0.29, 0.717) is 5.75 Å². The van der Waals surface area contributed by atoms with Crippen molar-refractivity contribution in [2.24, 2.45) is 0 Å². The molecular weight excluding hydrogens is 296 g/mol. The zero-order valence-corrected chi connectivity index (χ0v) is 14.7. The Kier molecular flexibility index (Phi) is 4.85. The standard InChI is InChI=1S/C17H24N2O2S/c1-17(2,3)13-8-6-12(7-9-13)16-19(15(21)11-22-16)10-14(20)18(4)5/h6-9,16H,10-11H2,1-5H3. The first-order valence-electron chi connectivity index (χ1n) is 7.42. The van der Waals surface area contributed by atoms with Crippen LogP contribution >= 0.6 is 11.8 Å². The molecule has 1 fully saturated rings. The Morgan fingerprint density at radius 3 is 2.36 bits per heavy atom. The van der Waals surface area contributed by atoms with Crippen molar-refractivity contribution in [2.45, 2.75) is 31.6 Å². The van der Waals surface area contributed by atoms with E-state index in [4.69, 9.17) is 0 Å². The van der Waals surface area contributed by atoms with E-state index in [0.717, 1.165) is 5.56 Å². The van der Waals surface area contributed by atoms with Gasteiger partial charge in [0.2, 0.25) is 11.8 Å². The van der Waals surface area contributed by atoms with Crippen molar-refractivity contribution in [3.05, 3.63) is 35.4 Å². The molecule has 1 atom stereocenters. The van der Waals surface area contributed by atoms with Gasteiger partial charge in [0.25, 0.3) is 0 Å². The number of carbonyl (C=O) groups excluding carboxylic acids is 2. The Bertz CT molecular complexity index is 561. The van der Waals surface area contributed by atoms with Gasteiger partial charge < -0.3 is 9.80 Å². The van der Waals surface area contributed by atoms with Crippen LogP contribution in [0.3, 0.4) is 0 Å². The number of amides is 2. The monoisotopic (exact) mass is 320 g/mol. The molecule has 4 nitrogen and oxygen atoms in total. The number of benzene rings is 1. The van der Waals surface area contributed by atoms with E-state index in [1.807, 2.05) is 0 Å². The first-order chi connectivity index (χ1) is 10.2. The highest BCUT2D eigenvalue weighted by Crippen LogP contribution is 2.39.